The molecule has 1 heterocycles. The first-order chi connectivity index (χ1) is 8.66. The molecule has 18 heavy (non-hydrogen) atoms. The fourth-order valence-corrected chi connectivity index (χ4v) is 1.95. The SMILES string of the molecule is Cc1cc(NCCn2ccnn2)ccc1C(N)=S. The smallest absolute Gasteiger partial charge is 0.104 e. The lowest BCUT2D eigenvalue weighted by Crippen LogP contribution is -2.13. The number of nitrogens with zero attached hydrogens (tertiary/aromatic N) is 3. The Kier molecular flexibility index (Phi) is 3.88. The van der Waals surface area contributed by atoms with E-state index < -0.39 is 0 Å². The van der Waals surface area contributed by atoms with Crippen LogP contribution in [0.3, 0.4) is 0 Å². The Balaban J connectivity index is 1.94. The Morgan fingerprint density at radius 2 is 2.33 bits per heavy atom. The number of anilines is 1. The van der Waals surface area contributed by atoms with Crippen molar-refractivity contribution in [3.05, 3.63) is 41.7 Å². The summed E-state index contributed by atoms with van der Waals surface area (Å²) in [5.41, 5.74) is 8.67. The lowest BCUT2D eigenvalue weighted by Gasteiger charge is -2.09. The minimum absolute atomic E-state index is 0.432. The van der Waals surface area contributed by atoms with E-state index in [0.29, 0.717) is 4.99 Å². The summed E-state index contributed by atoms with van der Waals surface area (Å²) < 4.78 is 1.78. The summed E-state index contributed by atoms with van der Waals surface area (Å²) in [7, 11) is 0. The monoisotopic (exact) mass is 261 g/mol. The molecule has 0 bridgehead atoms. The minimum Gasteiger partial charge on any atom is -0.389 e. The van der Waals surface area contributed by atoms with Gasteiger partial charge in [0.1, 0.15) is 4.99 Å². The van der Waals surface area contributed by atoms with Crippen molar-refractivity contribution in [1.29, 1.82) is 0 Å². The highest BCUT2D eigenvalue weighted by atomic mass is 32.1. The van der Waals surface area contributed by atoms with Crippen molar-refractivity contribution >= 4 is 22.9 Å². The molecule has 0 unspecified atom stereocenters. The third-order valence-electron chi connectivity index (χ3n) is 2.63. The molecule has 0 aliphatic rings. The number of aryl methyl sites for hydroxylation is 1. The van der Waals surface area contributed by atoms with Gasteiger partial charge in [0.25, 0.3) is 0 Å². The first-order valence-corrected chi connectivity index (χ1v) is 6.06. The molecule has 0 amide bonds. The molecule has 1 aromatic heterocycles. The first-order valence-electron chi connectivity index (χ1n) is 5.65. The van der Waals surface area contributed by atoms with Gasteiger partial charge in [-0.05, 0) is 30.7 Å². The van der Waals surface area contributed by atoms with Crippen molar-refractivity contribution in [3.8, 4) is 0 Å². The predicted octanol–water partition coefficient (Wildman–Crippen LogP) is 1.33. The van der Waals surface area contributed by atoms with Crippen molar-refractivity contribution < 1.29 is 0 Å². The van der Waals surface area contributed by atoms with Crippen LogP contribution in [-0.2, 0) is 6.54 Å². The van der Waals surface area contributed by atoms with Gasteiger partial charge in [0.2, 0.25) is 0 Å². The zero-order valence-corrected chi connectivity index (χ0v) is 10.9. The van der Waals surface area contributed by atoms with Crippen LogP contribution in [0.25, 0.3) is 0 Å². The molecule has 0 fully saturated rings. The normalized spacial score (nSPS) is 10.3. The van der Waals surface area contributed by atoms with E-state index in [1.807, 2.05) is 31.3 Å². The van der Waals surface area contributed by atoms with Crippen LogP contribution >= 0.6 is 12.2 Å². The Morgan fingerprint density at radius 1 is 1.50 bits per heavy atom. The summed E-state index contributed by atoms with van der Waals surface area (Å²) in [5.74, 6) is 0. The molecule has 2 aromatic rings. The van der Waals surface area contributed by atoms with E-state index in [9.17, 15) is 0 Å². The predicted molar refractivity (Wildman–Crippen MR) is 75.6 cm³/mol. The Morgan fingerprint density at radius 3 is 2.94 bits per heavy atom. The first kappa shape index (κ1) is 12.5. The quantitative estimate of drug-likeness (QED) is 0.795. The molecule has 1 aromatic carbocycles. The molecule has 94 valence electrons. The Labute approximate surface area is 111 Å². The van der Waals surface area contributed by atoms with Gasteiger partial charge in [0.05, 0.1) is 12.7 Å². The second-order valence-corrected chi connectivity index (χ2v) is 4.43. The van der Waals surface area contributed by atoms with Crippen molar-refractivity contribution in [2.24, 2.45) is 5.73 Å². The number of nitrogens with two attached hydrogens (primary N) is 1. The average Bonchev–Trinajstić information content (AvgIpc) is 2.81. The van der Waals surface area contributed by atoms with Crippen LogP contribution < -0.4 is 11.1 Å². The van der Waals surface area contributed by atoms with Crippen LogP contribution in [0.5, 0.6) is 0 Å². The molecular formula is C12H15N5S. The van der Waals surface area contributed by atoms with E-state index in [1.54, 1.807) is 10.9 Å². The average molecular weight is 261 g/mol. The molecule has 0 aliphatic carbocycles. The van der Waals surface area contributed by atoms with Crippen LogP contribution in [0.15, 0.2) is 30.6 Å². The lowest BCUT2D eigenvalue weighted by atomic mass is 10.1. The number of hydrogen-bond donors (Lipinski definition) is 2. The van der Waals surface area contributed by atoms with Gasteiger partial charge in [0.15, 0.2) is 0 Å². The molecule has 3 N–H and O–H groups in total. The molecule has 6 heteroatoms. The van der Waals surface area contributed by atoms with Gasteiger partial charge in [-0.2, -0.15) is 0 Å². The van der Waals surface area contributed by atoms with Crippen molar-refractivity contribution in [2.45, 2.75) is 13.5 Å². The number of rotatable bonds is 5. The molecule has 0 saturated carbocycles. The number of hydrogen-bond acceptors (Lipinski definition) is 4. The molecule has 0 radical (unpaired) electrons. The van der Waals surface area contributed by atoms with Gasteiger partial charge in [-0.15, -0.1) is 5.10 Å². The zero-order chi connectivity index (χ0) is 13.0. The highest BCUT2D eigenvalue weighted by Gasteiger charge is 2.02. The van der Waals surface area contributed by atoms with Crippen molar-refractivity contribution in [2.75, 3.05) is 11.9 Å². The summed E-state index contributed by atoms with van der Waals surface area (Å²) >= 11 is 4.97. The van der Waals surface area contributed by atoms with E-state index in [4.69, 9.17) is 18.0 Å². The molecule has 0 atom stereocenters. The fourth-order valence-electron chi connectivity index (χ4n) is 1.72. The molecule has 0 aliphatic heterocycles. The largest absolute Gasteiger partial charge is 0.389 e. The van der Waals surface area contributed by atoms with E-state index in [-0.39, 0.29) is 0 Å². The second kappa shape index (κ2) is 5.59. The maximum atomic E-state index is 5.62. The zero-order valence-electron chi connectivity index (χ0n) is 10.1. The summed E-state index contributed by atoms with van der Waals surface area (Å²) in [5, 5.41) is 11.0. The molecule has 5 nitrogen and oxygen atoms in total. The van der Waals surface area contributed by atoms with E-state index in [2.05, 4.69) is 15.6 Å². The van der Waals surface area contributed by atoms with Gasteiger partial charge < -0.3 is 11.1 Å². The van der Waals surface area contributed by atoms with Gasteiger partial charge in [-0.3, -0.25) is 4.68 Å². The van der Waals surface area contributed by atoms with Crippen LogP contribution in [0.1, 0.15) is 11.1 Å². The highest BCUT2D eigenvalue weighted by Crippen LogP contribution is 2.14. The van der Waals surface area contributed by atoms with Crippen LogP contribution in [0.2, 0.25) is 0 Å². The maximum Gasteiger partial charge on any atom is 0.104 e. The highest BCUT2D eigenvalue weighted by molar-refractivity contribution is 7.80. The van der Waals surface area contributed by atoms with Gasteiger partial charge in [0, 0.05) is 24.0 Å². The summed E-state index contributed by atoms with van der Waals surface area (Å²) in [6.45, 7) is 3.56. The third-order valence-corrected chi connectivity index (χ3v) is 2.85. The van der Waals surface area contributed by atoms with E-state index >= 15 is 0 Å². The van der Waals surface area contributed by atoms with Gasteiger partial charge >= 0.3 is 0 Å². The molecular weight excluding hydrogens is 246 g/mol. The van der Waals surface area contributed by atoms with E-state index in [1.165, 1.54) is 0 Å². The van der Waals surface area contributed by atoms with Crippen LogP contribution in [-0.4, -0.2) is 26.5 Å². The number of thiocarbonyl (C=S) groups is 1. The van der Waals surface area contributed by atoms with Crippen LogP contribution in [0.4, 0.5) is 5.69 Å². The minimum atomic E-state index is 0.432. The summed E-state index contributed by atoms with van der Waals surface area (Å²) in [4.78, 5) is 0.432. The standard InChI is InChI=1S/C12H15N5S/c1-9-8-10(2-3-11(9)12(13)18)14-4-6-17-7-5-15-16-17/h2-3,5,7-8,14H,4,6H2,1H3,(H2,13,18). The number of nitrogens with one attached hydrogen (secondary N) is 1. The maximum absolute atomic E-state index is 5.62. The molecule has 2 rings (SSSR count). The summed E-state index contributed by atoms with van der Waals surface area (Å²) in [6.07, 6.45) is 3.50. The van der Waals surface area contributed by atoms with E-state index in [0.717, 1.165) is 29.9 Å². The Hall–Kier alpha value is -1.95. The van der Waals surface area contributed by atoms with Crippen LogP contribution in [0, 0.1) is 6.92 Å². The molecule has 0 saturated heterocycles. The Bertz CT molecular complexity index is 535. The van der Waals surface area contributed by atoms with Crippen molar-refractivity contribution in [1.82, 2.24) is 15.0 Å². The topological polar surface area (TPSA) is 68.8 Å². The third kappa shape index (κ3) is 3.04. The number of benzene rings is 1. The number of aromatic nitrogens is 3. The molecule has 0 spiro atoms. The second-order valence-electron chi connectivity index (χ2n) is 3.99. The lowest BCUT2D eigenvalue weighted by molar-refractivity contribution is 0.609. The van der Waals surface area contributed by atoms with Gasteiger partial charge in [-0.1, -0.05) is 17.4 Å². The fraction of sp³-hybridized carbons (Fsp3) is 0.250. The summed E-state index contributed by atoms with van der Waals surface area (Å²) in [6, 6.07) is 5.95. The van der Waals surface area contributed by atoms with Gasteiger partial charge in [-0.25, -0.2) is 0 Å². The van der Waals surface area contributed by atoms with Crippen molar-refractivity contribution in [3.63, 3.8) is 0 Å².